The molecule has 1 saturated carbocycles. The Morgan fingerprint density at radius 3 is 2.68 bits per heavy atom. The number of ether oxygens (including phenoxy) is 2. The number of benzene rings is 2. The highest BCUT2D eigenvalue weighted by Crippen LogP contribution is 2.43. The molecule has 0 spiro atoms. The summed E-state index contributed by atoms with van der Waals surface area (Å²) in [6.45, 7) is 4.18. The van der Waals surface area contributed by atoms with Crippen LogP contribution >= 0.6 is 11.8 Å². The number of rotatable bonds is 4. The highest BCUT2D eigenvalue weighted by atomic mass is 32.2. The second-order valence-corrected chi connectivity index (χ2v) is 11.7. The number of hydrogen-bond donors (Lipinski definition) is 0. The maximum Gasteiger partial charge on any atom is 0.260 e. The zero-order valence-corrected chi connectivity index (χ0v) is 22.3. The lowest BCUT2D eigenvalue weighted by Crippen LogP contribution is -2.54. The summed E-state index contributed by atoms with van der Waals surface area (Å²) in [7, 11) is 1.82. The van der Waals surface area contributed by atoms with Gasteiger partial charge in [-0.15, -0.1) is 11.8 Å². The van der Waals surface area contributed by atoms with Gasteiger partial charge in [0.1, 0.15) is 5.82 Å². The van der Waals surface area contributed by atoms with E-state index in [-0.39, 0.29) is 41.6 Å². The fraction of sp³-hybridized carbons (Fsp3) is 0.448. The van der Waals surface area contributed by atoms with Crippen LogP contribution in [0.25, 0.3) is 6.08 Å². The van der Waals surface area contributed by atoms with Crippen LogP contribution in [0, 0.1) is 11.7 Å². The summed E-state index contributed by atoms with van der Waals surface area (Å²) in [6, 6.07) is 12.6. The first-order valence-corrected chi connectivity index (χ1v) is 14.1. The van der Waals surface area contributed by atoms with Gasteiger partial charge in [-0.3, -0.25) is 14.5 Å². The van der Waals surface area contributed by atoms with Gasteiger partial charge in [0.2, 0.25) is 12.7 Å². The molecule has 0 aromatic heterocycles. The smallest absolute Gasteiger partial charge is 0.260 e. The zero-order chi connectivity index (χ0) is 26.2. The Morgan fingerprint density at radius 1 is 1.08 bits per heavy atom. The molecule has 2 amide bonds. The maximum atomic E-state index is 14.2. The quantitative estimate of drug-likeness (QED) is 0.550. The Labute approximate surface area is 226 Å². The van der Waals surface area contributed by atoms with Crippen molar-refractivity contribution in [2.45, 2.75) is 37.1 Å². The molecule has 2 aromatic rings. The minimum absolute atomic E-state index is 0.0141. The first-order valence-electron chi connectivity index (χ1n) is 13.3. The van der Waals surface area contributed by atoms with Crippen LogP contribution in [0.15, 0.2) is 47.4 Å². The van der Waals surface area contributed by atoms with E-state index in [1.165, 1.54) is 11.6 Å². The maximum absolute atomic E-state index is 14.2. The van der Waals surface area contributed by atoms with E-state index in [9.17, 15) is 14.0 Å². The molecule has 0 bridgehead atoms. The molecule has 6 rings (SSSR count). The number of piperazine rings is 1. The average Bonchev–Trinajstić information content (AvgIpc) is 3.41. The Balaban J connectivity index is 1.04. The van der Waals surface area contributed by atoms with Crippen LogP contribution in [0.2, 0.25) is 0 Å². The van der Waals surface area contributed by atoms with Crippen molar-refractivity contribution in [3.63, 3.8) is 0 Å². The molecule has 0 radical (unpaired) electrons. The van der Waals surface area contributed by atoms with Crippen molar-refractivity contribution >= 4 is 29.7 Å². The highest BCUT2D eigenvalue weighted by molar-refractivity contribution is 8.04. The standard InChI is InChI=1S/C29H32FN3O4S/c1-31-23-15-21(7-9-26(23)38-27(29(31)35)16-20-4-2-3-5-22(20)30)28(34)33-12-10-32(11-13-33)17-19-6-8-24-25(14-19)37-18-36-24/h2-6,8,14,16,21,23,26H,7,9-13,15,17-18H2,1H3/b27-16+. The number of carbonyl (C=O) groups is 2. The number of hydrogen-bond acceptors (Lipinski definition) is 6. The van der Waals surface area contributed by atoms with Crippen LogP contribution in [-0.4, -0.2) is 77.8 Å². The van der Waals surface area contributed by atoms with Crippen molar-refractivity contribution in [2.24, 2.45) is 5.92 Å². The van der Waals surface area contributed by atoms with Crippen molar-refractivity contribution in [1.82, 2.24) is 14.7 Å². The Bertz CT molecular complexity index is 1260. The van der Waals surface area contributed by atoms with E-state index in [1.807, 2.05) is 24.1 Å². The van der Waals surface area contributed by atoms with Crippen LogP contribution in [0.5, 0.6) is 11.5 Å². The number of carbonyl (C=O) groups excluding carboxylic acids is 2. The Morgan fingerprint density at radius 2 is 1.87 bits per heavy atom. The van der Waals surface area contributed by atoms with Gasteiger partial charge in [-0.05, 0) is 49.1 Å². The minimum atomic E-state index is -0.330. The lowest BCUT2D eigenvalue weighted by molar-refractivity contribution is -0.140. The number of likely N-dealkylation sites (N-methyl/N-ethyl adjacent to an activating group) is 1. The first-order chi connectivity index (χ1) is 18.5. The zero-order valence-electron chi connectivity index (χ0n) is 21.5. The Kier molecular flexibility index (Phi) is 7.05. The van der Waals surface area contributed by atoms with Gasteiger partial charge in [-0.2, -0.15) is 0 Å². The van der Waals surface area contributed by atoms with E-state index in [1.54, 1.807) is 40.9 Å². The predicted octanol–water partition coefficient (Wildman–Crippen LogP) is 3.98. The third-order valence-corrected chi connectivity index (χ3v) is 9.53. The molecule has 3 heterocycles. The van der Waals surface area contributed by atoms with Gasteiger partial charge in [0.15, 0.2) is 11.5 Å². The molecular weight excluding hydrogens is 505 g/mol. The Hall–Kier alpha value is -3.04. The molecule has 3 unspecified atom stereocenters. The fourth-order valence-corrected chi connectivity index (χ4v) is 7.41. The molecule has 38 heavy (non-hydrogen) atoms. The molecule has 9 heteroatoms. The van der Waals surface area contributed by atoms with Gasteiger partial charge in [0, 0.05) is 62.5 Å². The summed E-state index contributed by atoms with van der Waals surface area (Å²) in [5, 5.41) is 0.221. The van der Waals surface area contributed by atoms with Crippen LogP contribution in [0.3, 0.4) is 0 Å². The molecule has 3 fully saturated rings. The first kappa shape index (κ1) is 25.2. The summed E-state index contributed by atoms with van der Waals surface area (Å²) in [5.74, 6) is 1.31. The predicted molar refractivity (Wildman–Crippen MR) is 144 cm³/mol. The lowest BCUT2D eigenvalue weighted by Gasteiger charge is -2.45. The molecule has 4 aliphatic rings. The highest BCUT2D eigenvalue weighted by Gasteiger charge is 2.43. The number of halogens is 1. The van der Waals surface area contributed by atoms with Crippen LogP contribution in [0.1, 0.15) is 30.4 Å². The van der Waals surface area contributed by atoms with Gasteiger partial charge in [0.25, 0.3) is 5.91 Å². The largest absolute Gasteiger partial charge is 0.454 e. The van der Waals surface area contributed by atoms with Gasteiger partial charge in [0.05, 0.1) is 4.91 Å². The van der Waals surface area contributed by atoms with Crippen LogP contribution in [0.4, 0.5) is 4.39 Å². The molecule has 2 saturated heterocycles. The normalized spacial score (nSPS) is 26.5. The van der Waals surface area contributed by atoms with Crippen molar-refractivity contribution < 1.29 is 23.5 Å². The monoisotopic (exact) mass is 537 g/mol. The summed E-state index contributed by atoms with van der Waals surface area (Å²) in [4.78, 5) is 33.3. The molecule has 0 N–H and O–H groups in total. The third kappa shape index (κ3) is 5.01. The summed E-state index contributed by atoms with van der Waals surface area (Å²) in [6.07, 6.45) is 4.03. The second-order valence-electron chi connectivity index (χ2n) is 10.5. The summed E-state index contributed by atoms with van der Waals surface area (Å²) < 4.78 is 25.1. The second kappa shape index (κ2) is 10.6. The summed E-state index contributed by atoms with van der Waals surface area (Å²) in [5.41, 5.74) is 1.61. The van der Waals surface area contributed by atoms with Gasteiger partial charge in [-0.1, -0.05) is 24.3 Å². The average molecular weight is 538 g/mol. The van der Waals surface area contributed by atoms with E-state index < -0.39 is 0 Å². The third-order valence-electron chi connectivity index (χ3n) is 8.13. The fourth-order valence-electron chi connectivity index (χ4n) is 5.94. The van der Waals surface area contributed by atoms with Gasteiger partial charge < -0.3 is 19.3 Å². The van der Waals surface area contributed by atoms with Crippen molar-refractivity contribution in [3.05, 3.63) is 64.3 Å². The molecular formula is C29H32FN3O4S. The van der Waals surface area contributed by atoms with Crippen molar-refractivity contribution in [2.75, 3.05) is 40.0 Å². The molecule has 1 aliphatic carbocycles. The molecule has 7 nitrogen and oxygen atoms in total. The van der Waals surface area contributed by atoms with E-state index in [2.05, 4.69) is 11.0 Å². The lowest BCUT2D eigenvalue weighted by atomic mass is 9.83. The molecule has 200 valence electrons. The van der Waals surface area contributed by atoms with E-state index >= 15 is 0 Å². The number of amides is 2. The number of thioether (sulfide) groups is 1. The number of nitrogens with zero attached hydrogens (tertiary/aromatic N) is 3. The van der Waals surface area contributed by atoms with Crippen LogP contribution in [-0.2, 0) is 16.1 Å². The van der Waals surface area contributed by atoms with E-state index in [4.69, 9.17) is 9.47 Å². The van der Waals surface area contributed by atoms with Gasteiger partial charge >= 0.3 is 0 Å². The van der Waals surface area contributed by atoms with E-state index in [0.29, 0.717) is 30.0 Å². The molecule has 2 aromatic carbocycles. The SMILES string of the molecule is CN1C(=O)/C(=C\c2ccccc2F)SC2CCC(C(=O)N3CCN(Cc4ccc5c(c4)OCO5)CC3)CC21. The molecule has 3 aliphatic heterocycles. The number of fused-ring (bicyclic) bond motifs is 2. The summed E-state index contributed by atoms with van der Waals surface area (Å²) >= 11 is 1.54. The van der Waals surface area contributed by atoms with Crippen molar-refractivity contribution in [3.8, 4) is 11.5 Å². The van der Waals surface area contributed by atoms with Gasteiger partial charge in [-0.25, -0.2) is 4.39 Å². The topological polar surface area (TPSA) is 62.3 Å². The molecule has 3 atom stereocenters. The van der Waals surface area contributed by atoms with E-state index in [0.717, 1.165) is 44.0 Å². The van der Waals surface area contributed by atoms with Crippen molar-refractivity contribution in [1.29, 1.82) is 0 Å². The minimum Gasteiger partial charge on any atom is -0.454 e. The van der Waals surface area contributed by atoms with Crippen LogP contribution < -0.4 is 9.47 Å².